The summed E-state index contributed by atoms with van der Waals surface area (Å²) in [6, 6.07) is 2.54. The highest BCUT2D eigenvalue weighted by Gasteiger charge is 2.23. The number of nitrogens with zero attached hydrogens (tertiary/aromatic N) is 6. The van der Waals surface area contributed by atoms with Crippen LogP contribution >= 0.6 is 35.7 Å². The molecule has 0 aromatic carbocycles. The third-order valence-electron chi connectivity index (χ3n) is 5.20. The molecule has 168 valence electrons. The van der Waals surface area contributed by atoms with Crippen LogP contribution < -0.4 is 10.6 Å². The zero-order chi connectivity index (χ0) is 20.3. The van der Waals surface area contributed by atoms with Crippen LogP contribution in [0.3, 0.4) is 0 Å². The molecule has 0 spiro atoms. The lowest BCUT2D eigenvalue weighted by atomic mass is 10.2. The third-order valence-corrected chi connectivity index (χ3v) is 5.84. The fourth-order valence-electron chi connectivity index (χ4n) is 3.80. The minimum absolute atomic E-state index is 0. The second-order valence-corrected chi connectivity index (χ2v) is 8.10. The fraction of sp³-hybridized carbons (Fsp3) is 0.700. The quantitative estimate of drug-likeness (QED) is 0.148. The molecule has 2 aromatic heterocycles. The second kappa shape index (κ2) is 13.9. The Hall–Kier alpha value is -1.30. The summed E-state index contributed by atoms with van der Waals surface area (Å²) >= 11 is 1.70. The SMILES string of the molecule is CCNC(=NCCCn1cccn1)NCCCc1nnc(SC)n1C1CCCC1.I. The molecule has 1 aliphatic rings. The summed E-state index contributed by atoms with van der Waals surface area (Å²) in [5, 5.41) is 20.9. The maximum atomic E-state index is 4.67. The van der Waals surface area contributed by atoms with E-state index in [1.54, 1.807) is 11.8 Å². The minimum atomic E-state index is 0. The van der Waals surface area contributed by atoms with E-state index < -0.39 is 0 Å². The maximum Gasteiger partial charge on any atom is 0.191 e. The summed E-state index contributed by atoms with van der Waals surface area (Å²) in [5.41, 5.74) is 0. The highest BCUT2D eigenvalue weighted by Crippen LogP contribution is 2.33. The van der Waals surface area contributed by atoms with E-state index in [0.717, 1.165) is 62.4 Å². The lowest BCUT2D eigenvalue weighted by Gasteiger charge is -2.16. The first-order chi connectivity index (χ1) is 14.3. The molecule has 2 heterocycles. The van der Waals surface area contributed by atoms with Crippen LogP contribution in [0.2, 0.25) is 0 Å². The standard InChI is InChI=1S/C20H34N8S.HI/c1-3-21-19(23-13-7-15-27-16-8-14-24-27)22-12-6-11-18-25-26-20(29-2)28(18)17-9-4-5-10-17;/h8,14,16-17H,3-7,9-13,15H2,1-2H3,(H2,21,22,23);1H. The Balaban J connectivity index is 0.00000320. The molecule has 0 bridgehead atoms. The molecule has 2 N–H and O–H groups in total. The second-order valence-electron chi connectivity index (χ2n) is 7.32. The first kappa shape index (κ1) is 25.0. The average molecular weight is 547 g/mol. The van der Waals surface area contributed by atoms with Gasteiger partial charge < -0.3 is 15.2 Å². The number of thioether (sulfide) groups is 1. The zero-order valence-electron chi connectivity index (χ0n) is 18.1. The Morgan fingerprint density at radius 3 is 2.77 bits per heavy atom. The highest BCUT2D eigenvalue weighted by atomic mass is 127. The van der Waals surface area contributed by atoms with Gasteiger partial charge in [-0.1, -0.05) is 24.6 Å². The number of hydrogen-bond acceptors (Lipinski definition) is 5. The molecule has 1 fully saturated rings. The van der Waals surface area contributed by atoms with Crippen LogP contribution in [0.25, 0.3) is 0 Å². The summed E-state index contributed by atoms with van der Waals surface area (Å²) in [6.45, 7) is 5.50. The van der Waals surface area contributed by atoms with Gasteiger partial charge >= 0.3 is 0 Å². The van der Waals surface area contributed by atoms with E-state index in [0.29, 0.717) is 6.04 Å². The first-order valence-electron chi connectivity index (χ1n) is 10.8. The normalized spacial score (nSPS) is 14.7. The molecule has 10 heteroatoms. The number of halogens is 1. The molecule has 0 saturated heterocycles. The topological polar surface area (TPSA) is 84.9 Å². The number of nitrogens with one attached hydrogen (secondary N) is 2. The van der Waals surface area contributed by atoms with Crippen molar-refractivity contribution in [2.45, 2.75) is 69.6 Å². The van der Waals surface area contributed by atoms with Gasteiger partial charge in [-0.15, -0.1) is 34.2 Å². The van der Waals surface area contributed by atoms with Crippen LogP contribution in [0.15, 0.2) is 28.6 Å². The molecule has 2 aromatic rings. The molecule has 0 radical (unpaired) electrons. The molecule has 0 unspecified atom stereocenters. The lowest BCUT2D eigenvalue weighted by Crippen LogP contribution is -2.38. The van der Waals surface area contributed by atoms with Gasteiger partial charge in [-0.3, -0.25) is 9.67 Å². The molecule has 0 amide bonds. The molecule has 30 heavy (non-hydrogen) atoms. The lowest BCUT2D eigenvalue weighted by molar-refractivity contribution is 0.460. The summed E-state index contributed by atoms with van der Waals surface area (Å²) in [5.74, 6) is 2.01. The molecule has 8 nitrogen and oxygen atoms in total. The molecule has 0 aliphatic heterocycles. The number of aliphatic imine (C=N–C) groups is 1. The number of rotatable bonds is 11. The predicted molar refractivity (Wildman–Crippen MR) is 134 cm³/mol. The Labute approximate surface area is 201 Å². The van der Waals surface area contributed by atoms with Crippen molar-refractivity contribution in [2.75, 3.05) is 25.9 Å². The van der Waals surface area contributed by atoms with Crippen molar-refractivity contribution in [2.24, 2.45) is 4.99 Å². The van der Waals surface area contributed by atoms with Gasteiger partial charge in [-0.05, 0) is 44.9 Å². The van der Waals surface area contributed by atoms with Gasteiger partial charge in [-0.25, -0.2) is 0 Å². The predicted octanol–water partition coefficient (Wildman–Crippen LogP) is 3.51. The maximum absolute atomic E-state index is 4.67. The van der Waals surface area contributed by atoms with Gasteiger partial charge in [0.25, 0.3) is 0 Å². The number of aromatic nitrogens is 5. The van der Waals surface area contributed by atoms with Gasteiger partial charge in [0.2, 0.25) is 0 Å². The Morgan fingerprint density at radius 1 is 1.23 bits per heavy atom. The molecule has 0 atom stereocenters. The van der Waals surface area contributed by atoms with E-state index in [-0.39, 0.29) is 24.0 Å². The smallest absolute Gasteiger partial charge is 0.191 e. The Bertz CT molecular complexity index is 740. The Kier molecular flexibility index (Phi) is 11.6. The molecule has 1 aliphatic carbocycles. The van der Waals surface area contributed by atoms with E-state index in [4.69, 9.17) is 0 Å². The van der Waals surface area contributed by atoms with Crippen LogP contribution in [-0.4, -0.2) is 56.4 Å². The Morgan fingerprint density at radius 2 is 2.07 bits per heavy atom. The van der Waals surface area contributed by atoms with Crippen molar-refractivity contribution < 1.29 is 0 Å². The largest absolute Gasteiger partial charge is 0.357 e. The van der Waals surface area contributed by atoms with Crippen LogP contribution in [0.5, 0.6) is 0 Å². The van der Waals surface area contributed by atoms with E-state index >= 15 is 0 Å². The average Bonchev–Trinajstić information content (AvgIpc) is 3.49. The number of guanidine groups is 1. The van der Waals surface area contributed by atoms with E-state index in [9.17, 15) is 0 Å². The van der Waals surface area contributed by atoms with Crippen LogP contribution in [-0.2, 0) is 13.0 Å². The highest BCUT2D eigenvalue weighted by molar-refractivity contribution is 14.0. The van der Waals surface area contributed by atoms with Gasteiger partial charge in [0.05, 0.1) is 0 Å². The van der Waals surface area contributed by atoms with Crippen LogP contribution in [0.4, 0.5) is 0 Å². The van der Waals surface area contributed by atoms with Gasteiger partial charge in [0.15, 0.2) is 11.1 Å². The zero-order valence-corrected chi connectivity index (χ0v) is 21.2. The first-order valence-corrected chi connectivity index (χ1v) is 12.0. The number of hydrogen-bond donors (Lipinski definition) is 2. The van der Waals surface area contributed by atoms with Crippen LogP contribution in [0, 0.1) is 0 Å². The molecule has 1 saturated carbocycles. The van der Waals surface area contributed by atoms with Crippen molar-refractivity contribution in [1.82, 2.24) is 35.2 Å². The van der Waals surface area contributed by atoms with Gasteiger partial charge in [0.1, 0.15) is 5.82 Å². The molecular formula is C20H35IN8S. The summed E-state index contributed by atoms with van der Waals surface area (Å²) in [6.07, 6.45) is 14.0. The summed E-state index contributed by atoms with van der Waals surface area (Å²) < 4.78 is 4.34. The monoisotopic (exact) mass is 546 g/mol. The van der Waals surface area contributed by atoms with E-state index in [2.05, 4.69) is 48.7 Å². The summed E-state index contributed by atoms with van der Waals surface area (Å²) in [4.78, 5) is 4.67. The molecule has 3 rings (SSSR count). The van der Waals surface area contributed by atoms with Crippen LogP contribution in [0.1, 0.15) is 57.3 Å². The van der Waals surface area contributed by atoms with Gasteiger partial charge in [-0.2, -0.15) is 5.10 Å². The summed E-state index contributed by atoms with van der Waals surface area (Å²) in [7, 11) is 0. The molecular weight excluding hydrogens is 511 g/mol. The van der Waals surface area contributed by atoms with Crippen molar-refractivity contribution in [3.8, 4) is 0 Å². The minimum Gasteiger partial charge on any atom is -0.357 e. The van der Waals surface area contributed by atoms with E-state index in [1.807, 2.05) is 23.1 Å². The van der Waals surface area contributed by atoms with Crippen molar-refractivity contribution in [3.63, 3.8) is 0 Å². The van der Waals surface area contributed by atoms with Crippen molar-refractivity contribution >= 4 is 41.7 Å². The fourth-order valence-corrected chi connectivity index (χ4v) is 4.37. The van der Waals surface area contributed by atoms with E-state index in [1.165, 1.54) is 25.7 Å². The number of aryl methyl sites for hydroxylation is 2. The van der Waals surface area contributed by atoms with Gasteiger partial charge in [0, 0.05) is 51.0 Å². The third kappa shape index (κ3) is 7.44. The van der Waals surface area contributed by atoms with Crippen molar-refractivity contribution in [3.05, 3.63) is 24.3 Å². The van der Waals surface area contributed by atoms with Crippen molar-refractivity contribution in [1.29, 1.82) is 0 Å².